The van der Waals surface area contributed by atoms with Crippen LogP contribution >= 0.6 is 35.0 Å². The summed E-state index contributed by atoms with van der Waals surface area (Å²) in [6.45, 7) is 7.28. The average molecular weight is 409 g/mol. The third kappa shape index (κ3) is 4.13. The molecule has 2 aromatic carbocycles. The van der Waals surface area contributed by atoms with Crippen molar-refractivity contribution in [1.82, 2.24) is 4.90 Å². The SMILES string of the molecule is CC(C)(C)c1ccc([C@H]2SCCN2C(=O)Nc2cccc(Cl)c2Cl)cc1. The van der Waals surface area contributed by atoms with Gasteiger partial charge in [0.05, 0.1) is 15.7 Å². The molecule has 0 unspecified atom stereocenters. The number of urea groups is 1. The molecule has 1 fully saturated rings. The number of nitrogens with one attached hydrogen (secondary N) is 1. The van der Waals surface area contributed by atoms with E-state index in [2.05, 4.69) is 50.4 Å². The lowest BCUT2D eigenvalue weighted by atomic mass is 9.87. The van der Waals surface area contributed by atoms with Crippen LogP contribution in [0.2, 0.25) is 10.0 Å². The Balaban J connectivity index is 1.77. The lowest BCUT2D eigenvalue weighted by molar-refractivity contribution is 0.214. The van der Waals surface area contributed by atoms with Crippen molar-refractivity contribution in [3.63, 3.8) is 0 Å². The van der Waals surface area contributed by atoms with Gasteiger partial charge in [-0.2, -0.15) is 0 Å². The summed E-state index contributed by atoms with van der Waals surface area (Å²) < 4.78 is 0. The smallest absolute Gasteiger partial charge is 0.308 e. The van der Waals surface area contributed by atoms with E-state index in [-0.39, 0.29) is 16.8 Å². The van der Waals surface area contributed by atoms with E-state index in [0.29, 0.717) is 22.3 Å². The average Bonchev–Trinajstić information content (AvgIpc) is 3.08. The highest BCUT2D eigenvalue weighted by atomic mass is 35.5. The highest BCUT2D eigenvalue weighted by Crippen LogP contribution is 2.39. The van der Waals surface area contributed by atoms with Crippen molar-refractivity contribution in [3.8, 4) is 0 Å². The number of carbonyl (C=O) groups is 1. The maximum atomic E-state index is 12.8. The van der Waals surface area contributed by atoms with Crippen LogP contribution in [0.4, 0.5) is 10.5 Å². The summed E-state index contributed by atoms with van der Waals surface area (Å²) in [6.07, 6.45) is 0. The minimum atomic E-state index is -0.163. The van der Waals surface area contributed by atoms with Gasteiger partial charge in [0.1, 0.15) is 5.37 Å². The van der Waals surface area contributed by atoms with Crippen LogP contribution in [0.3, 0.4) is 0 Å². The molecular formula is C20H22Cl2N2OS. The van der Waals surface area contributed by atoms with E-state index in [0.717, 1.165) is 11.3 Å². The Kier molecular flexibility index (Phi) is 5.75. The van der Waals surface area contributed by atoms with Gasteiger partial charge in [-0.15, -0.1) is 11.8 Å². The quantitative estimate of drug-likeness (QED) is 0.608. The Morgan fingerprint density at radius 2 is 1.85 bits per heavy atom. The summed E-state index contributed by atoms with van der Waals surface area (Å²) in [5, 5.41) is 3.67. The summed E-state index contributed by atoms with van der Waals surface area (Å²) in [5.41, 5.74) is 3.06. The second-order valence-electron chi connectivity index (χ2n) is 7.32. The summed E-state index contributed by atoms with van der Waals surface area (Å²) >= 11 is 14.0. The zero-order chi connectivity index (χ0) is 18.9. The van der Waals surface area contributed by atoms with E-state index >= 15 is 0 Å². The maximum Gasteiger partial charge on any atom is 0.323 e. The third-order valence-electron chi connectivity index (χ3n) is 4.41. The van der Waals surface area contributed by atoms with E-state index in [4.69, 9.17) is 23.2 Å². The number of thioether (sulfide) groups is 1. The highest BCUT2D eigenvalue weighted by molar-refractivity contribution is 7.99. The molecule has 2 aromatic rings. The van der Waals surface area contributed by atoms with Crippen molar-refractivity contribution >= 4 is 46.7 Å². The molecule has 0 spiro atoms. The van der Waals surface area contributed by atoms with E-state index in [1.807, 2.05) is 4.90 Å². The number of amides is 2. The van der Waals surface area contributed by atoms with Gasteiger partial charge in [0, 0.05) is 12.3 Å². The molecule has 2 amide bonds. The molecule has 0 radical (unpaired) electrons. The van der Waals surface area contributed by atoms with Crippen LogP contribution in [0, 0.1) is 0 Å². The minimum absolute atomic E-state index is 0.00183. The van der Waals surface area contributed by atoms with Gasteiger partial charge in [0.25, 0.3) is 0 Å². The summed E-state index contributed by atoms with van der Waals surface area (Å²) in [4.78, 5) is 14.6. The molecule has 1 aliphatic heterocycles. The van der Waals surface area contributed by atoms with Crippen molar-refractivity contribution in [2.75, 3.05) is 17.6 Å². The van der Waals surface area contributed by atoms with E-state index in [1.54, 1.807) is 30.0 Å². The standard InChI is InChI=1S/C20H22Cl2N2OS/c1-20(2,3)14-9-7-13(8-10-14)18-24(11-12-26-18)19(25)23-16-6-4-5-15(21)17(16)22/h4-10,18H,11-12H2,1-3H3,(H,23,25)/t18-/m1/s1. The second kappa shape index (κ2) is 7.71. The van der Waals surface area contributed by atoms with Crippen LogP contribution in [-0.2, 0) is 5.41 Å². The zero-order valence-electron chi connectivity index (χ0n) is 15.1. The van der Waals surface area contributed by atoms with Crippen LogP contribution in [0.15, 0.2) is 42.5 Å². The largest absolute Gasteiger partial charge is 0.323 e. The Hall–Kier alpha value is -1.36. The molecule has 1 heterocycles. The van der Waals surface area contributed by atoms with Crippen LogP contribution < -0.4 is 5.32 Å². The number of hydrogen-bond acceptors (Lipinski definition) is 2. The Labute approximate surface area is 169 Å². The Morgan fingerprint density at radius 3 is 2.50 bits per heavy atom. The first-order valence-electron chi connectivity index (χ1n) is 8.51. The molecule has 138 valence electrons. The number of benzene rings is 2. The van der Waals surface area contributed by atoms with Gasteiger partial charge in [0.2, 0.25) is 0 Å². The second-order valence-corrected chi connectivity index (χ2v) is 9.29. The molecule has 0 aliphatic carbocycles. The first-order valence-corrected chi connectivity index (χ1v) is 10.3. The first kappa shape index (κ1) is 19.4. The van der Waals surface area contributed by atoms with Gasteiger partial charge in [-0.1, -0.05) is 74.3 Å². The van der Waals surface area contributed by atoms with Crippen LogP contribution in [0.25, 0.3) is 0 Å². The zero-order valence-corrected chi connectivity index (χ0v) is 17.4. The molecule has 26 heavy (non-hydrogen) atoms. The lowest BCUT2D eigenvalue weighted by Crippen LogP contribution is -2.34. The van der Waals surface area contributed by atoms with Gasteiger partial charge in [-0.25, -0.2) is 4.79 Å². The molecule has 0 saturated carbocycles. The van der Waals surface area contributed by atoms with E-state index in [1.165, 1.54) is 5.56 Å². The third-order valence-corrected chi connectivity index (χ3v) is 6.49. The van der Waals surface area contributed by atoms with Gasteiger partial charge in [0.15, 0.2) is 0 Å². The van der Waals surface area contributed by atoms with Gasteiger partial charge in [-0.3, -0.25) is 0 Å². The molecule has 6 heteroatoms. The van der Waals surface area contributed by atoms with Crippen molar-refractivity contribution in [3.05, 3.63) is 63.6 Å². The molecule has 1 saturated heterocycles. The highest BCUT2D eigenvalue weighted by Gasteiger charge is 2.31. The molecule has 1 aliphatic rings. The maximum absolute atomic E-state index is 12.8. The number of halogens is 2. The predicted molar refractivity (Wildman–Crippen MR) is 113 cm³/mol. The van der Waals surface area contributed by atoms with Crippen LogP contribution in [-0.4, -0.2) is 23.2 Å². The minimum Gasteiger partial charge on any atom is -0.308 e. The summed E-state index contributed by atoms with van der Waals surface area (Å²) in [5.74, 6) is 0.905. The molecule has 3 nitrogen and oxygen atoms in total. The predicted octanol–water partition coefficient (Wildman–Crippen LogP) is 6.57. The molecule has 1 N–H and O–H groups in total. The molecule has 0 bridgehead atoms. The van der Waals surface area contributed by atoms with Crippen molar-refractivity contribution in [2.45, 2.75) is 31.6 Å². The van der Waals surface area contributed by atoms with Gasteiger partial charge < -0.3 is 10.2 Å². The van der Waals surface area contributed by atoms with Crippen molar-refractivity contribution < 1.29 is 4.79 Å². The summed E-state index contributed by atoms with van der Waals surface area (Å²) in [6, 6.07) is 13.6. The topological polar surface area (TPSA) is 32.3 Å². The first-order chi connectivity index (χ1) is 12.3. The monoisotopic (exact) mass is 408 g/mol. The fraction of sp³-hybridized carbons (Fsp3) is 0.350. The van der Waals surface area contributed by atoms with E-state index < -0.39 is 0 Å². The normalized spacial score (nSPS) is 17.4. The number of anilines is 1. The van der Waals surface area contributed by atoms with Crippen molar-refractivity contribution in [1.29, 1.82) is 0 Å². The number of rotatable bonds is 2. The number of nitrogens with zero attached hydrogens (tertiary/aromatic N) is 1. The Bertz CT molecular complexity index is 802. The van der Waals surface area contributed by atoms with Crippen LogP contribution in [0.1, 0.15) is 37.3 Å². The Morgan fingerprint density at radius 1 is 1.15 bits per heavy atom. The van der Waals surface area contributed by atoms with Crippen LogP contribution in [0.5, 0.6) is 0 Å². The van der Waals surface area contributed by atoms with Crippen molar-refractivity contribution in [2.24, 2.45) is 0 Å². The number of carbonyl (C=O) groups excluding carboxylic acids is 1. The molecule has 1 atom stereocenters. The van der Waals surface area contributed by atoms with Gasteiger partial charge in [-0.05, 0) is 28.7 Å². The number of hydrogen-bond donors (Lipinski definition) is 1. The fourth-order valence-electron chi connectivity index (χ4n) is 2.89. The molecule has 0 aromatic heterocycles. The summed E-state index contributed by atoms with van der Waals surface area (Å²) in [7, 11) is 0. The lowest BCUT2D eigenvalue weighted by Gasteiger charge is -2.26. The molecular weight excluding hydrogens is 387 g/mol. The fourth-order valence-corrected chi connectivity index (χ4v) is 4.49. The van der Waals surface area contributed by atoms with E-state index in [9.17, 15) is 4.79 Å². The molecule has 3 rings (SSSR count). The van der Waals surface area contributed by atoms with Gasteiger partial charge >= 0.3 is 6.03 Å².